The summed E-state index contributed by atoms with van der Waals surface area (Å²) in [6, 6.07) is 10.4. The Kier molecular flexibility index (Phi) is 5.14. The van der Waals surface area contributed by atoms with Crippen molar-refractivity contribution in [3.8, 4) is 0 Å². The van der Waals surface area contributed by atoms with E-state index < -0.39 is 0 Å². The van der Waals surface area contributed by atoms with Crippen LogP contribution in [0.25, 0.3) is 0 Å². The summed E-state index contributed by atoms with van der Waals surface area (Å²) in [7, 11) is 0. The monoisotopic (exact) mass is 284 g/mol. The molecule has 112 valence electrons. The van der Waals surface area contributed by atoms with Crippen LogP contribution < -0.4 is 10.6 Å². The van der Waals surface area contributed by atoms with Gasteiger partial charge in [-0.15, -0.1) is 0 Å². The summed E-state index contributed by atoms with van der Waals surface area (Å²) in [4.78, 5) is 9.13. The molecule has 1 aromatic carbocycles. The molecule has 1 aromatic heterocycles. The summed E-state index contributed by atoms with van der Waals surface area (Å²) >= 11 is 0. The van der Waals surface area contributed by atoms with Crippen LogP contribution in [-0.2, 0) is 6.54 Å². The predicted octanol–water partition coefficient (Wildman–Crippen LogP) is 3.95. The first-order valence-electron chi connectivity index (χ1n) is 7.51. The zero-order valence-electron chi connectivity index (χ0n) is 13.3. The number of anilines is 2. The van der Waals surface area contributed by atoms with Crippen LogP contribution in [0.4, 0.5) is 11.6 Å². The van der Waals surface area contributed by atoms with E-state index in [2.05, 4.69) is 72.6 Å². The summed E-state index contributed by atoms with van der Waals surface area (Å²) in [5, 5.41) is 6.67. The third-order valence-corrected chi connectivity index (χ3v) is 3.34. The van der Waals surface area contributed by atoms with Crippen molar-refractivity contribution >= 4 is 11.6 Å². The maximum absolute atomic E-state index is 4.60. The average Bonchev–Trinajstić information content (AvgIpc) is 2.46. The molecule has 0 saturated heterocycles. The van der Waals surface area contributed by atoms with E-state index in [0.29, 0.717) is 5.92 Å². The Balaban J connectivity index is 2.17. The summed E-state index contributed by atoms with van der Waals surface area (Å²) in [6.07, 6.45) is 0. The van der Waals surface area contributed by atoms with Crippen molar-refractivity contribution < 1.29 is 0 Å². The Morgan fingerprint density at radius 3 is 2.33 bits per heavy atom. The largest absolute Gasteiger partial charge is 0.370 e. The number of nitrogens with one attached hydrogen (secondary N) is 2. The van der Waals surface area contributed by atoms with Crippen LogP contribution in [0.3, 0.4) is 0 Å². The highest BCUT2D eigenvalue weighted by atomic mass is 15.1. The first kappa shape index (κ1) is 15.3. The molecule has 1 heterocycles. The maximum atomic E-state index is 4.60. The molecule has 0 aliphatic heterocycles. The van der Waals surface area contributed by atoms with Crippen LogP contribution >= 0.6 is 0 Å². The number of hydrogen-bond acceptors (Lipinski definition) is 4. The normalized spacial score (nSPS) is 10.7. The molecule has 0 saturated carbocycles. The highest BCUT2D eigenvalue weighted by molar-refractivity contribution is 5.48. The zero-order chi connectivity index (χ0) is 15.2. The van der Waals surface area contributed by atoms with Crippen molar-refractivity contribution in [1.29, 1.82) is 0 Å². The Bertz CT molecular complexity index is 593. The molecular weight excluding hydrogens is 260 g/mol. The Hall–Kier alpha value is -2.10. The van der Waals surface area contributed by atoms with Gasteiger partial charge in [0.15, 0.2) is 0 Å². The Labute approximate surface area is 127 Å². The lowest BCUT2D eigenvalue weighted by Gasteiger charge is -2.13. The number of rotatable bonds is 6. The lowest BCUT2D eigenvalue weighted by atomic mass is 10.1. The third-order valence-electron chi connectivity index (χ3n) is 3.34. The van der Waals surface area contributed by atoms with Crippen molar-refractivity contribution in [3.63, 3.8) is 0 Å². The number of hydrogen-bond donors (Lipinski definition) is 2. The minimum atomic E-state index is 0.308. The molecule has 0 unspecified atom stereocenters. The van der Waals surface area contributed by atoms with Gasteiger partial charge in [-0.05, 0) is 25.0 Å². The molecule has 0 amide bonds. The van der Waals surface area contributed by atoms with Crippen molar-refractivity contribution in [2.24, 2.45) is 0 Å². The van der Waals surface area contributed by atoms with E-state index in [1.54, 1.807) is 0 Å². The molecule has 0 atom stereocenters. The van der Waals surface area contributed by atoms with Gasteiger partial charge in [0, 0.05) is 25.1 Å². The number of aromatic nitrogens is 2. The molecular formula is C17H24N4. The molecule has 4 nitrogen and oxygen atoms in total. The van der Waals surface area contributed by atoms with Gasteiger partial charge >= 0.3 is 0 Å². The number of benzene rings is 1. The number of aryl methyl sites for hydroxylation is 1. The SMILES string of the molecule is CCNc1cc(NCc2ccccc2C)nc(C(C)C)n1. The lowest BCUT2D eigenvalue weighted by Crippen LogP contribution is -2.09. The quantitative estimate of drug-likeness (QED) is 0.843. The van der Waals surface area contributed by atoms with Crippen molar-refractivity contribution in [2.45, 2.75) is 40.2 Å². The first-order valence-corrected chi connectivity index (χ1v) is 7.51. The van der Waals surface area contributed by atoms with E-state index in [1.807, 2.05) is 6.07 Å². The van der Waals surface area contributed by atoms with Crippen molar-refractivity contribution in [3.05, 3.63) is 47.3 Å². The second kappa shape index (κ2) is 7.07. The topological polar surface area (TPSA) is 49.8 Å². The van der Waals surface area contributed by atoms with E-state index >= 15 is 0 Å². The molecule has 0 fully saturated rings. The van der Waals surface area contributed by atoms with E-state index in [9.17, 15) is 0 Å². The van der Waals surface area contributed by atoms with Gasteiger partial charge in [-0.25, -0.2) is 9.97 Å². The Morgan fingerprint density at radius 2 is 1.71 bits per heavy atom. The van der Waals surface area contributed by atoms with Crippen LogP contribution in [0.1, 0.15) is 43.6 Å². The summed E-state index contributed by atoms with van der Waals surface area (Å²) in [5.41, 5.74) is 2.57. The van der Waals surface area contributed by atoms with E-state index in [0.717, 1.165) is 30.5 Å². The van der Waals surface area contributed by atoms with Gasteiger partial charge in [-0.2, -0.15) is 0 Å². The molecule has 2 aromatic rings. The minimum Gasteiger partial charge on any atom is -0.370 e. The first-order chi connectivity index (χ1) is 10.1. The van der Waals surface area contributed by atoms with Crippen LogP contribution in [0.2, 0.25) is 0 Å². The van der Waals surface area contributed by atoms with Crippen LogP contribution in [-0.4, -0.2) is 16.5 Å². The highest BCUT2D eigenvalue weighted by Gasteiger charge is 2.08. The highest BCUT2D eigenvalue weighted by Crippen LogP contribution is 2.18. The van der Waals surface area contributed by atoms with E-state index in [-0.39, 0.29) is 0 Å². The summed E-state index contributed by atoms with van der Waals surface area (Å²) in [6.45, 7) is 10.0. The molecule has 0 aliphatic carbocycles. The van der Waals surface area contributed by atoms with Gasteiger partial charge in [0.2, 0.25) is 0 Å². The molecule has 2 N–H and O–H groups in total. The predicted molar refractivity (Wildman–Crippen MR) is 88.8 cm³/mol. The van der Waals surface area contributed by atoms with Crippen LogP contribution in [0, 0.1) is 6.92 Å². The van der Waals surface area contributed by atoms with Crippen molar-refractivity contribution in [2.75, 3.05) is 17.2 Å². The zero-order valence-corrected chi connectivity index (χ0v) is 13.3. The fourth-order valence-electron chi connectivity index (χ4n) is 2.08. The van der Waals surface area contributed by atoms with E-state index in [1.165, 1.54) is 11.1 Å². The second-order valence-electron chi connectivity index (χ2n) is 5.46. The minimum absolute atomic E-state index is 0.308. The molecule has 21 heavy (non-hydrogen) atoms. The van der Waals surface area contributed by atoms with Gasteiger partial charge in [-0.1, -0.05) is 38.1 Å². The summed E-state index contributed by atoms with van der Waals surface area (Å²) < 4.78 is 0. The second-order valence-corrected chi connectivity index (χ2v) is 5.46. The van der Waals surface area contributed by atoms with Crippen LogP contribution in [0.5, 0.6) is 0 Å². The Morgan fingerprint density at radius 1 is 1.05 bits per heavy atom. The van der Waals surface area contributed by atoms with Gasteiger partial charge in [0.1, 0.15) is 17.5 Å². The van der Waals surface area contributed by atoms with Gasteiger partial charge in [0.25, 0.3) is 0 Å². The molecule has 0 spiro atoms. The smallest absolute Gasteiger partial charge is 0.135 e. The lowest BCUT2D eigenvalue weighted by molar-refractivity contribution is 0.775. The fraction of sp³-hybridized carbons (Fsp3) is 0.412. The average molecular weight is 284 g/mol. The summed E-state index contributed by atoms with van der Waals surface area (Å²) in [5.74, 6) is 2.92. The molecule has 2 rings (SSSR count). The molecule has 0 bridgehead atoms. The molecule has 0 aliphatic rings. The maximum Gasteiger partial charge on any atom is 0.135 e. The molecule has 4 heteroatoms. The van der Waals surface area contributed by atoms with Crippen LogP contribution in [0.15, 0.2) is 30.3 Å². The molecule has 0 radical (unpaired) electrons. The number of nitrogens with zero attached hydrogens (tertiary/aromatic N) is 2. The van der Waals surface area contributed by atoms with Crippen molar-refractivity contribution in [1.82, 2.24) is 9.97 Å². The third kappa shape index (κ3) is 4.18. The van der Waals surface area contributed by atoms with Gasteiger partial charge < -0.3 is 10.6 Å². The van der Waals surface area contributed by atoms with Gasteiger partial charge in [-0.3, -0.25) is 0 Å². The fourth-order valence-corrected chi connectivity index (χ4v) is 2.08. The standard InChI is InChI=1S/C17H24N4/c1-5-18-15-10-16(21-17(20-15)12(2)3)19-11-14-9-7-6-8-13(14)4/h6-10,12H,5,11H2,1-4H3,(H2,18,19,20,21). The van der Waals surface area contributed by atoms with E-state index in [4.69, 9.17) is 0 Å². The van der Waals surface area contributed by atoms with Gasteiger partial charge in [0.05, 0.1) is 0 Å².